The van der Waals surface area contributed by atoms with Crippen LogP contribution in [-0.4, -0.2) is 34.0 Å². The zero-order valence-corrected chi connectivity index (χ0v) is 20.1. The Hall–Kier alpha value is -2.28. The fourth-order valence-corrected chi connectivity index (χ4v) is 5.11. The predicted molar refractivity (Wildman–Crippen MR) is 120 cm³/mol. The normalized spacial score (nSPS) is 21.1. The Morgan fingerprint density at radius 3 is 1.71 bits per heavy atom. The second-order valence-electron chi connectivity index (χ2n) is 10.1. The number of phenolic OH excluding ortho intramolecular Hbond substituents is 1. The van der Waals surface area contributed by atoms with Crippen LogP contribution in [0.3, 0.4) is 0 Å². The molecule has 2 aliphatic carbocycles. The number of allylic oxidation sites excluding steroid dienone is 4. The van der Waals surface area contributed by atoms with Crippen LogP contribution in [0.5, 0.6) is 11.5 Å². The number of rotatable bonds is 4. The molecule has 0 unspecified atom stereocenters. The summed E-state index contributed by atoms with van der Waals surface area (Å²) in [4.78, 5) is 26.4. The van der Waals surface area contributed by atoms with Gasteiger partial charge >= 0.3 is 0 Å². The molecule has 0 spiro atoms. The van der Waals surface area contributed by atoms with E-state index in [2.05, 4.69) is 15.9 Å². The Labute approximate surface area is 190 Å². The smallest absolute Gasteiger partial charge is 0.172 e. The monoisotopic (exact) mass is 492 g/mol. The number of carbonyl (C=O) groups excluding carboxylic acids is 2. The summed E-state index contributed by atoms with van der Waals surface area (Å²) >= 11 is 3.29. The third-order valence-electron chi connectivity index (χ3n) is 5.97. The van der Waals surface area contributed by atoms with Gasteiger partial charge in [0.1, 0.15) is 11.5 Å². The molecule has 0 aliphatic heterocycles. The van der Waals surface area contributed by atoms with Crippen LogP contribution in [0.1, 0.15) is 64.9 Å². The Bertz CT molecular complexity index is 963. The fourth-order valence-electron chi connectivity index (χ4n) is 4.65. The lowest BCUT2D eigenvalue weighted by Crippen LogP contribution is -2.33. The van der Waals surface area contributed by atoms with Gasteiger partial charge in [-0.15, -0.1) is 0 Å². The number of methoxy groups -OCH3 is 1. The first-order valence-corrected chi connectivity index (χ1v) is 11.0. The van der Waals surface area contributed by atoms with Gasteiger partial charge in [-0.25, -0.2) is 0 Å². The van der Waals surface area contributed by atoms with E-state index in [0.29, 0.717) is 10.0 Å². The molecule has 3 rings (SSSR count). The molecule has 2 aliphatic rings. The van der Waals surface area contributed by atoms with Crippen LogP contribution in [0.15, 0.2) is 39.3 Å². The molecule has 0 saturated heterocycles. The Morgan fingerprint density at radius 2 is 1.32 bits per heavy atom. The third-order valence-corrected chi connectivity index (χ3v) is 6.58. The topological polar surface area (TPSA) is 104 Å². The lowest BCUT2D eigenvalue weighted by Gasteiger charge is -2.36. The van der Waals surface area contributed by atoms with Crippen molar-refractivity contribution in [1.29, 1.82) is 0 Å². The number of hydrogen-bond donors (Lipinski definition) is 3. The van der Waals surface area contributed by atoms with Crippen LogP contribution in [0, 0.1) is 10.8 Å². The predicted octanol–water partition coefficient (Wildman–Crippen LogP) is 5.65. The van der Waals surface area contributed by atoms with E-state index in [1.54, 1.807) is 6.07 Å². The third kappa shape index (κ3) is 4.52. The SMILES string of the molecule is COc1cc(C(C2=C(O)CC(C)(C)CC2=O)C2=C(O)CC(C)(C)CC2=O)cc(Br)c1O. The molecule has 0 saturated carbocycles. The highest BCUT2D eigenvalue weighted by molar-refractivity contribution is 9.10. The van der Waals surface area contributed by atoms with Crippen molar-refractivity contribution in [2.75, 3.05) is 7.11 Å². The van der Waals surface area contributed by atoms with Crippen molar-refractivity contribution in [2.45, 2.75) is 59.3 Å². The first-order chi connectivity index (χ1) is 14.3. The molecule has 0 aromatic heterocycles. The highest BCUT2D eigenvalue weighted by Crippen LogP contribution is 2.49. The summed E-state index contributed by atoms with van der Waals surface area (Å²) in [5.74, 6) is -1.60. The maximum absolute atomic E-state index is 13.2. The van der Waals surface area contributed by atoms with E-state index in [-0.39, 0.29) is 71.4 Å². The van der Waals surface area contributed by atoms with Crippen molar-refractivity contribution in [2.24, 2.45) is 10.8 Å². The number of ether oxygens (including phenoxy) is 1. The first kappa shape index (κ1) is 23.4. The number of aliphatic hydroxyl groups excluding tert-OH is 2. The zero-order valence-electron chi connectivity index (χ0n) is 18.5. The van der Waals surface area contributed by atoms with Crippen LogP contribution in [0.2, 0.25) is 0 Å². The number of ketones is 2. The van der Waals surface area contributed by atoms with Gasteiger partial charge in [-0.05, 0) is 44.5 Å². The number of hydrogen-bond acceptors (Lipinski definition) is 6. The summed E-state index contributed by atoms with van der Waals surface area (Å²) in [5, 5.41) is 32.1. The van der Waals surface area contributed by atoms with Crippen LogP contribution in [0.4, 0.5) is 0 Å². The van der Waals surface area contributed by atoms with E-state index in [4.69, 9.17) is 4.74 Å². The van der Waals surface area contributed by atoms with Gasteiger partial charge in [0.05, 0.1) is 11.6 Å². The molecular formula is C24H29BrO6. The number of halogens is 1. The minimum absolute atomic E-state index is 0.0765. The summed E-state index contributed by atoms with van der Waals surface area (Å²) in [6.07, 6.45) is 1.00. The van der Waals surface area contributed by atoms with Gasteiger partial charge in [0, 0.05) is 42.7 Å². The number of benzene rings is 1. The Kier molecular flexibility index (Phi) is 6.04. The van der Waals surface area contributed by atoms with Gasteiger partial charge < -0.3 is 20.1 Å². The second-order valence-corrected chi connectivity index (χ2v) is 10.9. The van der Waals surface area contributed by atoms with Crippen LogP contribution in [0.25, 0.3) is 0 Å². The van der Waals surface area contributed by atoms with Gasteiger partial charge in [0.2, 0.25) is 0 Å². The van der Waals surface area contributed by atoms with Crippen molar-refractivity contribution in [1.82, 2.24) is 0 Å². The molecule has 1 aromatic carbocycles. The number of phenols is 1. The molecule has 6 nitrogen and oxygen atoms in total. The molecule has 31 heavy (non-hydrogen) atoms. The molecule has 0 bridgehead atoms. The summed E-state index contributed by atoms with van der Waals surface area (Å²) in [5.41, 5.74) is -0.109. The highest BCUT2D eigenvalue weighted by Gasteiger charge is 2.44. The number of carbonyl (C=O) groups is 2. The molecule has 0 heterocycles. The van der Waals surface area contributed by atoms with E-state index in [0.717, 1.165) is 0 Å². The van der Waals surface area contributed by atoms with Crippen molar-refractivity contribution in [3.8, 4) is 11.5 Å². The first-order valence-electron chi connectivity index (χ1n) is 10.2. The standard InChI is InChI=1S/C24H29BrO6/c1-23(2)8-14(26)20(15(27)9-23)19(12-6-13(25)22(30)18(7-12)31-5)21-16(28)10-24(3,4)11-17(21)29/h6-7,19,26,28,30H,8-11H2,1-5H3. The number of aromatic hydroxyl groups is 1. The molecule has 3 N–H and O–H groups in total. The molecule has 7 heteroatoms. The zero-order chi connectivity index (χ0) is 23.3. The highest BCUT2D eigenvalue weighted by atomic mass is 79.9. The molecule has 0 radical (unpaired) electrons. The van der Waals surface area contributed by atoms with Crippen LogP contribution in [-0.2, 0) is 9.59 Å². The van der Waals surface area contributed by atoms with Crippen molar-refractivity contribution >= 4 is 27.5 Å². The van der Waals surface area contributed by atoms with E-state index in [1.807, 2.05) is 27.7 Å². The average Bonchev–Trinajstić information content (AvgIpc) is 2.59. The maximum Gasteiger partial charge on any atom is 0.172 e. The van der Waals surface area contributed by atoms with Gasteiger partial charge in [-0.3, -0.25) is 9.59 Å². The molecular weight excluding hydrogens is 464 g/mol. The minimum Gasteiger partial charge on any atom is -0.512 e. The summed E-state index contributed by atoms with van der Waals surface area (Å²) < 4.78 is 5.58. The molecule has 0 atom stereocenters. The van der Waals surface area contributed by atoms with E-state index in [1.165, 1.54) is 13.2 Å². The average molecular weight is 493 g/mol. The molecule has 0 fully saturated rings. The number of aliphatic hydroxyl groups is 2. The minimum atomic E-state index is -0.960. The van der Waals surface area contributed by atoms with E-state index < -0.39 is 16.7 Å². The molecule has 0 amide bonds. The van der Waals surface area contributed by atoms with E-state index >= 15 is 0 Å². The summed E-state index contributed by atoms with van der Waals surface area (Å²) in [6, 6.07) is 3.12. The lowest BCUT2D eigenvalue weighted by molar-refractivity contribution is -0.119. The Balaban J connectivity index is 2.30. The molecule has 168 valence electrons. The summed E-state index contributed by atoms with van der Waals surface area (Å²) in [7, 11) is 1.40. The van der Waals surface area contributed by atoms with Gasteiger partial charge in [0.25, 0.3) is 0 Å². The lowest BCUT2D eigenvalue weighted by atomic mass is 9.67. The van der Waals surface area contributed by atoms with Gasteiger partial charge in [-0.1, -0.05) is 27.7 Å². The largest absolute Gasteiger partial charge is 0.512 e. The Morgan fingerprint density at radius 1 is 0.871 bits per heavy atom. The fraction of sp³-hybridized carbons (Fsp3) is 0.500. The van der Waals surface area contributed by atoms with Gasteiger partial charge in [-0.2, -0.15) is 0 Å². The number of Topliss-reactive ketones (excluding diaryl/α,β-unsaturated/α-hetero) is 2. The van der Waals surface area contributed by atoms with Crippen LogP contribution >= 0.6 is 15.9 Å². The quantitative estimate of drug-likeness (QED) is 0.501. The van der Waals surface area contributed by atoms with Crippen molar-refractivity contribution in [3.63, 3.8) is 0 Å². The second kappa shape index (κ2) is 8.01. The molecule has 1 aromatic rings. The van der Waals surface area contributed by atoms with Crippen molar-refractivity contribution < 1.29 is 29.6 Å². The van der Waals surface area contributed by atoms with Crippen LogP contribution < -0.4 is 4.74 Å². The van der Waals surface area contributed by atoms with Gasteiger partial charge in [0.15, 0.2) is 23.1 Å². The van der Waals surface area contributed by atoms with Crippen molar-refractivity contribution in [3.05, 3.63) is 44.8 Å². The summed E-state index contributed by atoms with van der Waals surface area (Å²) in [6.45, 7) is 7.60. The van der Waals surface area contributed by atoms with E-state index in [9.17, 15) is 24.9 Å². The maximum atomic E-state index is 13.2.